The predicted octanol–water partition coefficient (Wildman–Crippen LogP) is 3.38. The molecule has 0 bridgehead atoms. The summed E-state index contributed by atoms with van der Waals surface area (Å²) < 4.78 is 6.53. The lowest BCUT2D eigenvalue weighted by Gasteiger charge is -2.32. The highest BCUT2D eigenvalue weighted by Crippen LogP contribution is 2.41. The molecule has 1 fully saturated rings. The van der Waals surface area contributed by atoms with Gasteiger partial charge in [0.05, 0.1) is 6.61 Å². The van der Waals surface area contributed by atoms with Gasteiger partial charge in [0.25, 0.3) is 0 Å². The van der Waals surface area contributed by atoms with Gasteiger partial charge >= 0.3 is 23.9 Å². The van der Waals surface area contributed by atoms with Gasteiger partial charge in [-0.15, -0.1) is 11.8 Å². The first-order chi connectivity index (χ1) is 20.0. The lowest BCUT2D eigenvalue weighted by molar-refractivity contribution is -0.134. The molecule has 0 amide bonds. The van der Waals surface area contributed by atoms with E-state index in [1.807, 2.05) is 11.8 Å². The zero-order chi connectivity index (χ0) is 31.1. The Balaban J connectivity index is 0.000000319. The fraction of sp³-hybridized carbons (Fsp3) is 0.333. The van der Waals surface area contributed by atoms with E-state index >= 15 is 0 Å². The second-order valence-corrected chi connectivity index (χ2v) is 10.5. The van der Waals surface area contributed by atoms with E-state index in [0.29, 0.717) is 24.3 Å². The Bertz CT molecular complexity index is 1220. The largest absolute Gasteiger partial charge is 0.478 e. The van der Waals surface area contributed by atoms with Crippen molar-refractivity contribution in [3.05, 3.63) is 89.0 Å². The van der Waals surface area contributed by atoms with E-state index in [4.69, 9.17) is 25.2 Å². The highest BCUT2D eigenvalue weighted by Gasteiger charge is 2.25. The first-order valence-corrected chi connectivity index (χ1v) is 14.1. The van der Waals surface area contributed by atoms with E-state index in [1.165, 1.54) is 27.1 Å². The number of fused-ring (bicyclic) bond motifs is 2. The van der Waals surface area contributed by atoms with Crippen molar-refractivity contribution in [3.63, 3.8) is 0 Å². The second kappa shape index (κ2) is 17.8. The van der Waals surface area contributed by atoms with Gasteiger partial charge in [0, 0.05) is 67.7 Å². The summed E-state index contributed by atoms with van der Waals surface area (Å²) in [7, 11) is 2.20. The van der Waals surface area contributed by atoms with Gasteiger partial charge in [-0.25, -0.2) is 19.2 Å². The minimum atomic E-state index is -1.26. The van der Waals surface area contributed by atoms with Crippen molar-refractivity contribution in [1.82, 2.24) is 9.80 Å². The van der Waals surface area contributed by atoms with Crippen LogP contribution in [0.25, 0.3) is 0 Å². The van der Waals surface area contributed by atoms with Gasteiger partial charge in [0.15, 0.2) is 0 Å². The zero-order valence-corrected chi connectivity index (χ0v) is 24.3. The summed E-state index contributed by atoms with van der Waals surface area (Å²) in [5.41, 5.74) is 5.37. The highest BCUT2D eigenvalue weighted by molar-refractivity contribution is 7.98. The monoisotopic (exact) mass is 600 g/mol. The van der Waals surface area contributed by atoms with Crippen LogP contribution >= 0.6 is 11.8 Å². The maximum absolute atomic E-state index is 9.55. The van der Waals surface area contributed by atoms with Crippen LogP contribution in [0.1, 0.15) is 28.4 Å². The normalized spacial score (nSPS) is 16.7. The van der Waals surface area contributed by atoms with Crippen molar-refractivity contribution in [2.24, 2.45) is 0 Å². The standard InChI is InChI=1S/C22H28N2OS.2C4H4O4/c1-17-7-8-21-20(15-17)22(19-6-4-3-5-18(19)16-26-21)25-14-13-24-11-9-23(2)10-12-24;2*5-3(6)1-2-4(7)8/h3-8,15,22H,9-14,16H2,1-2H3;2*1-2H,(H,5,6)(H,7,8)/b;2*2-1-. The molecule has 0 spiro atoms. The summed E-state index contributed by atoms with van der Waals surface area (Å²) in [4.78, 5) is 44.5. The van der Waals surface area contributed by atoms with E-state index in [1.54, 1.807) is 0 Å². The van der Waals surface area contributed by atoms with Gasteiger partial charge in [-0.2, -0.15) is 0 Å². The molecule has 2 aromatic rings. The number of aryl methyl sites for hydroxylation is 1. The van der Waals surface area contributed by atoms with E-state index < -0.39 is 23.9 Å². The number of benzene rings is 2. The maximum atomic E-state index is 9.55. The van der Waals surface area contributed by atoms with Crippen LogP contribution in [0.2, 0.25) is 0 Å². The lowest BCUT2D eigenvalue weighted by Crippen LogP contribution is -2.45. The predicted molar refractivity (Wildman–Crippen MR) is 158 cm³/mol. The number of rotatable bonds is 8. The van der Waals surface area contributed by atoms with Crippen LogP contribution in [0.3, 0.4) is 0 Å². The minimum Gasteiger partial charge on any atom is -0.478 e. The van der Waals surface area contributed by atoms with Crippen LogP contribution in [-0.2, 0) is 29.7 Å². The quantitative estimate of drug-likeness (QED) is 0.327. The molecule has 2 heterocycles. The highest BCUT2D eigenvalue weighted by atomic mass is 32.2. The Morgan fingerprint density at radius 3 is 1.93 bits per heavy atom. The first kappa shape index (κ1) is 34.2. The molecule has 2 aromatic carbocycles. The first-order valence-electron chi connectivity index (χ1n) is 13.1. The third-order valence-electron chi connectivity index (χ3n) is 6.19. The lowest BCUT2D eigenvalue weighted by atomic mass is 9.96. The molecule has 0 radical (unpaired) electrons. The Morgan fingerprint density at radius 2 is 1.38 bits per heavy atom. The van der Waals surface area contributed by atoms with Gasteiger partial charge in [-0.05, 0) is 36.7 Å². The molecule has 4 N–H and O–H groups in total. The average molecular weight is 601 g/mol. The number of thioether (sulfide) groups is 1. The van der Waals surface area contributed by atoms with Crippen molar-refractivity contribution in [2.75, 3.05) is 46.4 Å². The molecular weight excluding hydrogens is 564 g/mol. The Hall–Kier alpha value is -3.97. The zero-order valence-electron chi connectivity index (χ0n) is 23.5. The maximum Gasteiger partial charge on any atom is 0.328 e. The molecule has 1 atom stereocenters. The van der Waals surface area contributed by atoms with Crippen LogP contribution in [0, 0.1) is 6.92 Å². The fourth-order valence-corrected chi connectivity index (χ4v) is 5.16. The van der Waals surface area contributed by atoms with Crippen LogP contribution in [0.5, 0.6) is 0 Å². The number of carboxylic acids is 4. The molecule has 11 nitrogen and oxygen atoms in total. The number of aliphatic carboxylic acids is 4. The summed E-state index contributed by atoms with van der Waals surface area (Å²) in [5.74, 6) is -4.01. The molecule has 2 aliphatic heterocycles. The van der Waals surface area contributed by atoms with E-state index in [-0.39, 0.29) is 6.10 Å². The van der Waals surface area contributed by atoms with E-state index in [2.05, 4.69) is 66.2 Å². The Morgan fingerprint density at radius 1 is 0.833 bits per heavy atom. The topological polar surface area (TPSA) is 165 Å². The molecular formula is C30H36N2O9S. The summed E-state index contributed by atoms with van der Waals surface area (Å²) in [6.45, 7) is 8.57. The molecule has 0 aliphatic carbocycles. The smallest absolute Gasteiger partial charge is 0.328 e. The Labute approximate surface area is 248 Å². The molecule has 2 aliphatic rings. The van der Waals surface area contributed by atoms with Crippen LogP contribution in [0.4, 0.5) is 0 Å². The molecule has 42 heavy (non-hydrogen) atoms. The summed E-state index contributed by atoms with van der Waals surface area (Å²) in [5, 5.41) is 31.2. The third-order valence-corrected chi connectivity index (χ3v) is 7.33. The second-order valence-electron chi connectivity index (χ2n) is 9.44. The third kappa shape index (κ3) is 12.7. The van der Waals surface area contributed by atoms with Crippen molar-refractivity contribution in [2.45, 2.75) is 23.7 Å². The number of ether oxygens (including phenoxy) is 1. The molecule has 0 saturated carbocycles. The number of likely N-dealkylation sites (N-methyl/N-ethyl adjacent to an activating group) is 1. The van der Waals surface area contributed by atoms with E-state index in [0.717, 1.165) is 45.1 Å². The minimum absolute atomic E-state index is 0.0450. The molecule has 226 valence electrons. The van der Waals surface area contributed by atoms with Gasteiger partial charge < -0.3 is 30.1 Å². The number of carbonyl (C=O) groups is 4. The fourth-order valence-electron chi connectivity index (χ4n) is 4.08. The number of hydrogen-bond acceptors (Lipinski definition) is 8. The number of nitrogens with zero attached hydrogens (tertiary/aromatic N) is 2. The van der Waals surface area contributed by atoms with Crippen molar-refractivity contribution >= 4 is 35.6 Å². The summed E-state index contributed by atoms with van der Waals surface area (Å²) in [6, 6.07) is 15.6. The van der Waals surface area contributed by atoms with Crippen molar-refractivity contribution in [1.29, 1.82) is 0 Å². The molecule has 1 unspecified atom stereocenters. The average Bonchev–Trinajstić information content (AvgIpc) is 3.09. The van der Waals surface area contributed by atoms with Crippen LogP contribution < -0.4 is 0 Å². The number of carboxylic acid groups (broad SMARTS) is 4. The van der Waals surface area contributed by atoms with E-state index in [9.17, 15) is 19.2 Å². The van der Waals surface area contributed by atoms with Crippen molar-refractivity contribution < 1.29 is 44.3 Å². The van der Waals surface area contributed by atoms with Gasteiger partial charge in [0.2, 0.25) is 0 Å². The Kier molecular flexibility index (Phi) is 14.5. The summed E-state index contributed by atoms with van der Waals surface area (Å²) >= 11 is 1.93. The summed E-state index contributed by atoms with van der Waals surface area (Å²) in [6.07, 6.45) is 2.28. The van der Waals surface area contributed by atoms with Gasteiger partial charge in [0.1, 0.15) is 6.10 Å². The SMILES string of the molecule is Cc1ccc2c(c1)C(OCCN1CCN(C)CC1)c1ccccc1CS2.O=C(O)/C=C\C(=O)O.O=C(O)/C=C\C(=O)O. The van der Waals surface area contributed by atoms with Crippen molar-refractivity contribution in [3.8, 4) is 0 Å². The van der Waals surface area contributed by atoms with Crippen LogP contribution in [0.15, 0.2) is 71.7 Å². The van der Waals surface area contributed by atoms with Gasteiger partial charge in [-0.3, -0.25) is 4.90 Å². The number of hydrogen-bond donors (Lipinski definition) is 4. The molecule has 4 rings (SSSR count). The van der Waals surface area contributed by atoms with Crippen LogP contribution in [-0.4, -0.2) is 100 Å². The molecule has 1 saturated heterocycles. The number of piperazine rings is 1. The molecule has 12 heteroatoms. The molecule has 0 aromatic heterocycles. The van der Waals surface area contributed by atoms with Gasteiger partial charge in [-0.1, -0.05) is 42.0 Å².